The molecule has 0 radical (unpaired) electrons. The summed E-state index contributed by atoms with van der Waals surface area (Å²) in [6.45, 7) is 4.16. The number of Topliss-reactive ketones (excluding diaryl/α,β-unsaturated/α-hetero) is 1. The molecule has 2 saturated heterocycles. The zero-order chi connectivity index (χ0) is 23.5. The number of likely N-dealkylation sites (tertiary alicyclic amines) is 1. The summed E-state index contributed by atoms with van der Waals surface area (Å²) in [4.78, 5) is 29.9. The molecule has 0 aliphatic carbocycles. The third kappa shape index (κ3) is 5.09. The molecule has 174 valence electrons. The smallest absolute Gasteiger partial charge is 0.295 e. The van der Waals surface area contributed by atoms with Crippen LogP contribution in [-0.4, -0.2) is 71.1 Å². The molecular formula is C24H24BrClN2O5. The number of phenolic OH excluding ortho intramolecular Hbond substituents is 1. The molecule has 0 bridgehead atoms. The number of aliphatic hydroxyl groups excluding tert-OH is 1. The second kappa shape index (κ2) is 10.3. The number of nitrogens with zero attached hydrogens (tertiary/aromatic N) is 2. The Bertz CT molecular complexity index is 1080. The van der Waals surface area contributed by atoms with Gasteiger partial charge in [-0.15, -0.1) is 0 Å². The third-order valence-corrected chi connectivity index (χ3v) is 6.66. The molecule has 2 heterocycles. The Labute approximate surface area is 205 Å². The predicted octanol–water partition coefficient (Wildman–Crippen LogP) is 3.95. The van der Waals surface area contributed by atoms with Gasteiger partial charge < -0.3 is 19.8 Å². The number of aliphatic hydroxyl groups is 1. The van der Waals surface area contributed by atoms with E-state index >= 15 is 0 Å². The van der Waals surface area contributed by atoms with Crippen LogP contribution in [0.2, 0.25) is 5.02 Å². The third-order valence-electron chi connectivity index (χ3n) is 5.92. The second-order valence-corrected chi connectivity index (χ2v) is 9.37. The molecule has 4 rings (SSSR count). The van der Waals surface area contributed by atoms with Gasteiger partial charge in [0.2, 0.25) is 0 Å². The molecule has 2 aliphatic heterocycles. The lowest BCUT2D eigenvalue weighted by Crippen LogP contribution is -2.38. The molecule has 9 heteroatoms. The van der Waals surface area contributed by atoms with Crippen molar-refractivity contribution in [3.63, 3.8) is 0 Å². The van der Waals surface area contributed by atoms with Crippen LogP contribution in [0.3, 0.4) is 0 Å². The molecule has 33 heavy (non-hydrogen) atoms. The fourth-order valence-corrected chi connectivity index (χ4v) is 4.72. The van der Waals surface area contributed by atoms with Crippen LogP contribution in [0.1, 0.15) is 23.6 Å². The molecule has 7 nitrogen and oxygen atoms in total. The van der Waals surface area contributed by atoms with Crippen molar-refractivity contribution in [3.8, 4) is 5.75 Å². The summed E-state index contributed by atoms with van der Waals surface area (Å²) in [6, 6.07) is 10.6. The second-order valence-electron chi connectivity index (χ2n) is 8.01. The number of benzene rings is 2. The maximum absolute atomic E-state index is 13.1. The number of hydrogen-bond donors (Lipinski definition) is 2. The first-order valence-corrected chi connectivity index (χ1v) is 11.9. The van der Waals surface area contributed by atoms with Crippen molar-refractivity contribution in [2.45, 2.75) is 12.5 Å². The lowest BCUT2D eigenvalue weighted by atomic mass is 9.95. The van der Waals surface area contributed by atoms with Crippen LogP contribution in [0, 0.1) is 0 Å². The van der Waals surface area contributed by atoms with Gasteiger partial charge in [-0.1, -0.05) is 39.7 Å². The number of carbonyl (C=O) groups excluding carboxylic acids is 2. The quantitative estimate of drug-likeness (QED) is 0.331. The first-order valence-electron chi connectivity index (χ1n) is 10.7. The van der Waals surface area contributed by atoms with Crippen molar-refractivity contribution in [1.82, 2.24) is 9.80 Å². The highest BCUT2D eigenvalue weighted by atomic mass is 79.9. The van der Waals surface area contributed by atoms with Crippen molar-refractivity contribution >= 4 is 45.0 Å². The highest BCUT2D eigenvalue weighted by Crippen LogP contribution is 2.41. The first-order chi connectivity index (χ1) is 15.9. The van der Waals surface area contributed by atoms with E-state index < -0.39 is 23.5 Å². The van der Waals surface area contributed by atoms with E-state index in [1.807, 2.05) is 0 Å². The zero-order valence-corrected chi connectivity index (χ0v) is 20.2. The van der Waals surface area contributed by atoms with Gasteiger partial charge in [0.25, 0.3) is 11.7 Å². The van der Waals surface area contributed by atoms with Gasteiger partial charge in [-0.2, -0.15) is 0 Å². The van der Waals surface area contributed by atoms with Gasteiger partial charge in [0.1, 0.15) is 11.5 Å². The lowest BCUT2D eigenvalue weighted by molar-refractivity contribution is -0.140. The van der Waals surface area contributed by atoms with E-state index in [2.05, 4.69) is 20.8 Å². The summed E-state index contributed by atoms with van der Waals surface area (Å²) < 4.78 is 5.99. The highest BCUT2D eigenvalue weighted by Gasteiger charge is 2.46. The molecule has 1 amide bonds. The molecule has 0 saturated carbocycles. The minimum atomic E-state index is -0.787. The number of rotatable bonds is 6. The van der Waals surface area contributed by atoms with Crippen LogP contribution < -0.4 is 0 Å². The molecule has 0 aromatic heterocycles. The Hall–Kier alpha value is -2.39. The number of carbonyl (C=O) groups is 2. The van der Waals surface area contributed by atoms with Crippen molar-refractivity contribution < 1.29 is 24.5 Å². The van der Waals surface area contributed by atoms with Crippen molar-refractivity contribution in [3.05, 3.63) is 68.7 Å². The van der Waals surface area contributed by atoms with E-state index in [1.165, 1.54) is 17.0 Å². The van der Waals surface area contributed by atoms with Gasteiger partial charge in [0, 0.05) is 35.7 Å². The van der Waals surface area contributed by atoms with Crippen LogP contribution >= 0.6 is 27.5 Å². The van der Waals surface area contributed by atoms with Crippen LogP contribution in [0.25, 0.3) is 5.76 Å². The molecule has 1 unspecified atom stereocenters. The molecule has 0 spiro atoms. The highest BCUT2D eigenvalue weighted by molar-refractivity contribution is 9.10. The van der Waals surface area contributed by atoms with Crippen LogP contribution in [0.4, 0.5) is 0 Å². The Morgan fingerprint density at radius 2 is 1.79 bits per heavy atom. The number of morpholine rings is 1. The number of hydrogen-bond acceptors (Lipinski definition) is 6. The normalized spacial score (nSPS) is 21.0. The van der Waals surface area contributed by atoms with E-state index in [4.69, 9.17) is 16.3 Å². The fourth-order valence-electron chi connectivity index (χ4n) is 4.23. The Kier molecular flexibility index (Phi) is 7.38. The minimum absolute atomic E-state index is 0.0536. The monoisotopic (exact) mass is 534 g/mol. The summed E-state index contributed by atoms with van der Waals surface area (Å²) in [6.07, 6.45) is 0.666. The van der Waals surface area contributed by atoms with Crippen molar-refractivity contribution in [2.24, 2.45) is 0 Å². The van der Waals surface area contributed by atoms with Crippen LogP contribution in [0.15, 0.2) is 52.5 Å². The largest absolute Gasteiger partial charge is 0.507 e. The van der Waals surface area contributed by atoms with Gasteiger partial charge in [-0.25, -0.2) is 0 Å². The van der Waals surface area contributed by atoms with Crippen molar-refractivity contribution in [1.29, 1.82) is 0 Å². The summed E-state index contributed by atoms with van der Waals surface area (Å²) >= 11 is 9.37. The molecule has 2 aliphatic rings. The van der Waals surface area contributed by atoms with E-state index in [1.54, 1.807) is 30.3 Å². The SMILES string of the molecule is O=C1C(=O)N(CCCN2CCOCC2)C(c2ccc(Cl)cc2)/C1=C(\O)c1cc(Br)ccc1O. The number of aromatic hydroxyl groups is 1. The van der Waals surface area contributed by atoms with Gasteiger partial charge in [0.05, 0.1) is 30.4 Å². The predicted molar refractivity (Wildman–Crippen MR) is 128 cm³/mol. The average molecular weight is 536 g/mol. The zero-order valence-electron chi connectivity index (χ0n) is 17.8. The van der Waals surface area contributed by atoms with Gasteiger partial charge in [-0.3, -0.25) is 14.5 Å². The molecule has 1 atom stereocenters. The standard InChI is InChI=1S/C24H24BrClN2O5/c25-16-4-7-19(29)18(14-16)22(30)20-21(15-2-5-17(26)6-3-15)28(24(32)23(20)31)9-1-8-27-10-12-33-13-11-27/h2-7,14,21,29-30H,1,8-13H2/b22-20+. The van der Waals surface area contributed by atoms with E-state index in [9.17, 15) is 19.8 Å². The van der Waals surface area contributed by atoms with Gasteiger partial charge in [-0.05, 0) is 42.3 Å². The Balaban J connectivity index is 1.70. The number of amides is 1. The summed E-state index contributed by atoms with van der Waals surface area (Å²) in [5.41, 5.74) is 0.678. The average Bonchev–Trinajstić information content (AvgIpc) is 3.06. The van der Waals surface area contributed by atoms with Crippen LogP contribution in [0.5, 0.6) is 5.75 Å². The van der Waals surface area contributed by atoms with E-state index in [0.29, 0.717) is 41.2 Å². The van der Waals surface area contributed by atoms with Crippen molar-refractivity contribution in [2.75, 3.05) is 39.4 Å². The molecular weight excluding hydrogens is 512 g/mol. The Morgan fingerprint density at radius 1 is 1.09 bits per heavy atom. The number of ketones is 1. The maximum atomic E-state index is 13.1. The van der Waals surface area contributed by atoms with Crippen LogP contribution in [-0.2, 0) is 14.3 Å². The minimum Gasteiger partial charge on any atom is -0.507 e. The topological polar surface area (TPSA) is 90.3 Å². The molecule has 2 N–H and O–H groups in total. The van der Waals surface area contributed by atoms with Gasteiger partial charge in [0.15, 0.2) is 0 Å². The van der Waals surface area contributed by atoms with E-state index in [-0.39, 0.29) is 16.9 Å². The number of phenols is 1. The fraction of sp³-hybridized carbons (Fsp3) is 0.333. The number of halogens is 2. The Morgan fingerprint density at radius 3 is 2.48 bits per heavy atom. The maximum Gasteiger partial charge on any atom is 0.295 e. The first kappa shape index (κ1) is 23.8. The summed E-state index contributed by atoms with van der Waals surface area (Å²) in [5.74, 6) is -2.06. The summed E-state index contributed by atoms with van der Waals surface area (Å²) in [7, 11) is 0. The van der Waals surface area contributed by atoms with E-state index in [0.717, 1.165) is 19.6 Å². The molecule has 2 aromatic rings. The lowest BCUT2D eigenvalue weighted by Gasteiger charge is -2.29. The molecule has 2 fully saturated rings. The molecule has 2 aromatic carbocycles. The number of ether oxygens (including phenoxy) is 1. The summed E-state index contributed by atoms with van der Waals surface area (Å²) in [5, 5.41) is 21.9. The van der Waals surface area contributed by atoms with Gasteiger partial charge >= 0.3 is 0 Å².